The van der Waals surface area contributed by atoms with Crippen LogP contribution in [0, 0.1) is 0 Å². The first-order valence-electron chi connectivity index (χ1n) is 14.9. The molecule has 2 atom stereocenters. The minimum atomic E-state index is -1.56. The van der Waals surface area contributed by atoms with Crippen LogP contribution in [0.2, 0.25) is 10.0 Å². The number of para-hydroxylation sites is 1. The number of aliphatic hydroxyl groups is 1. The maximum atomic E-state index is 14.7. The van der Waals surface area contributed by atoms with Gasteiger partial charge < -0.3 is 24.6 Å². The van der Waals surface area contributed by atoms with Crippen LogP contribution in [0.15, 0.2) is 101 Å². The molecule has 1 aliphatic heterocycles. The molecule has 0 spiro atoms. The summed E-state index contributed by atoms with van der Waals surface area (Å²) >= 11 is 13.1. The summed E-state index contributed by atoms with van der Waals surface area (Å²) in [6, 6.07) is 27.0. The second-order valence-corrected chi connectivity index (χ2v) is 11.6. The number of hydrogen-bond acceptors (Lipinski definition) is 7. The van der Waals surface area contributed by atoms with Crippen LogP contribution in [-0.2, 0) is 29.0 Å². The summed E-state index contributed by atoms with van der Waals surface area (Å²) in [6.45, 7) is 0.656. The maximum absolute atomic E-state index is 14.7. The predicted molar refractivity (Wildman–Crippen MR) is 181 cm³/mol. The third-order valence-corrected chi connectivity index (χ3v) is 8.35. The highest BCUT2D eigenvalue weighted by Gasteiger charge is 2.54. The number of nitrogens with zero attached hydrogens (tertiary/aromatic N) is 4. The third-order valence-electron chi connectivity index (χ3n) is 7.79. The van der Waals surface area contributed by atoms with Gasteiger partial charge in [-0.25, -0.2) is 4.99 Å². The van der Waals surface area contributed by atoms with Gasteiger partial charge >= 0.3 is 0 Å². The molecule has 0 fully saturated rings. The normalized spacial score (nSPS) is 16.9. The van der Waals surface area contributed by atoms with Crippen LogP contribution in [0.1, 0.15) is 40.3 Å². The number of hydrogen-bond donors (Lipinski definition) is 2. The van der Waals surface area contributed by atoms with Crippen molar-refractivity contribution in [1.29, 1.82) is 0 Å². The zero-order valence-electron chi connectivity index (χ0n) is 25.6. The molecular weight excluding hydrogens is 641 g/mol. The largest absolute Gasteiger partial charge is 0.496 e. The number of methoxy groups -OCH3 is 1. The lowest BCUT2D eigenvalue weighted by atomic mass is 9.80. The van der Waals surface area contributed by atoms with E-state index in [1.54, 1.807) is 49.6 Å². The number of rotatable bonds is 14. The van der Waals surface area contributed by atoms with E-state index in [2.05, 4.69) is 15.3 Å². The number of carbonyl (C=O) groups is 1. The van der Waals surface area contributed by atoms with Crippen LogP contribution in [0.25, 0.3) is 10.4 Å². The van der Waals surface area contributed by atoms with Crippen LogP contribution in [0.5, 0.6) is 11.5 Å². The van der Waals surface area contributed by atoms with Crippen molar-refractivity contribution < 1.29 is 24.1 Å². The summed E-state index contributed by atoms with van der Waals surface area (Å²) < 4.78 is 17.8. The van der Waals surface area contributed by atoms with Gasteiger partial charge in [0.2, 0.25) is 5.90 Å². The van der Waals surface area contributed by atoms with E-state index in [1.807, 2.05) is 48.5 Å². The van der Waals surface area contributed by atoms with Crippen molar-refractivity contribution in [2.45, 2.75) is 37.6 Å². The van der Waals surface area contributed by atoms with E-state index in [9.17, 15) is 4.79 Å². The first kappa shape index (κ1) is 33.6. The van der Waals surface area contributed by atoms with Gasteiger partial charge in [0.15, 0.2) is 11.6 Å². The molecule has 0 bridgehead atoms. The Bertz CT molecular complexity index is 1800. The zero-order chi connectivity index (χ0) is 33.2. The van der Waals surface area contributed by atoms with Crippen molar-refractivity contribution >= 4 is 35.0 Å². The molecule has 4 aromatic carbocycles. The molecule has 2 N–H and O–H groups in total. The van der Waals surface area contributed by atoms with E-state index in [4.69, 9.17) is 53.0 Å². The van der Waals surface area contributed by atoms with Crippen molar-refractivity contribution in [3.63, 3.8) is 0 Å². The Morgan fingerprint density at radius 1 is 1.04 bits per heavy atom. The minimum absolute atomic E-state index is 0.0323. The Labute approximate surface area is 282 Å². The molecule has 0 unspecified atom stereocenters. The molecule has 0 saturated heterocycles. The van der Waals surface area contributed by atoms with E-state index in [-0.39, 0.29) is 32.0 Å². The van der Waals surface area contributed by atoms with Gasteiger partial charge in [0.25, 0.3) is 5.91 Å². The molecule has 1 heterocycles. The summed E-state index contributed by atoms with van der Waals surface area (Å²) in [6.07, 6.45) is -0.362. The summed E-state index contributed by atoms with van der Waals surface area (Å²) in [4.78, 5) is 22.7. The highest BCUT2D eigenvalue weighted by atomic mass is 35.5. The molecule has 1 aliphatic rings. The lowest BCUT2D eigenvalue weighted by molar-refractivity contribution is -0.129. The zero-order valence-corrected chi connectivity index (χ0v) is 27.1. The van der Waals surface area contributed by atoms with Gasteiger partial charge in [0.1, 0.15) is 11.5 Å². The van der Waals surface area contributed by atoms with Gasteiger partial charge in [0, 0.05) is 57.6 Å². The number of benzene rings is 4. The Kier molecular flexibility index (Phi) is 11.2. The van der Waals surface area contributed by atoms with E-state index >= 15 is 0 Å². The number of nitrogens with one attached hydrogen (secondary N) is 1. The highest BCUT2D eigenvalue weighted by Crippen LogP contribution is 2.45. The number of aliphatic hydroxyl groups excluding tert-OH is 1. The molecule has 5 rings (SSSR count). The first-order valence-corrected chi connectivity index (χ1v) is 15.7. The summed E-state index contributed by atoms with van der Waals surface area (Å²) in [5.41, 5.74) is 10.9. The van der Waals surface area contributed by atoms with E-state index in [0.717, 1.165) is 16.7 Å². The lowest BCUT2D eigenvalue weighted by Gasteiger charge is -2.32. The van der Waals surface area contributed by atoms with Gasteiger partial charge in [-0.1, -0.05) is 76.8 Å². The Morgan fingerprint density at radius 2 is 1.77 bits per heavy atom. The number of amides is 1. The summed E-state index contributed by atoms with van der Waals surface area (Å²) in [7, 11) is 1.58. The Hall–Kier alpha value is -4.73. The Morgan fingerprint density at radius 3 is 2.47 bits per heavy atom. The second kappa shape index (κ2) is 15.7. The van der Waals surface area contributed by atoms with Gasteiger partial charge in [-0.3, -0.25) is 4.79 Å². The summed E-state index contributed by atoms with van der Waals surface area (Å²) in [5.74, 6) is 1.08. The highest BCUT2D eigenvalue weighted by molar-refractivity contribution is 6.35. The quantitative estimate of drug-likeness (QED) is 0.0622. The number of ether oxygens (including phenoxy) is 3. The SMILES string of the molecule is COc1ccccc1CNC(=O)[C@]1(Cc2ccccc2CN=[N+]=[N-])N=C(c2ccc(OCCCO)cc2)O[C@@H]1c1ccc(Cl)cc1Cl. The van der Waals surface area contributed by atoms with Crippen LogP contribution < -0.4 is 14.8 Å². The molecule has 47 heavy (non-hydrogen) atoms. The molecule has 0 aliphatic carbocycles. The van der Waals surface area contributed by atoms with Crippen molar-refractivity contribution in [1.82, 2.24) is 5.32 Å². The van der Waals surface area contributed by atoms with Crippen molar-refractivity contribution in [2.75, 3.05) is 20.3 Å². The fraction of sp³-hybridized carbons (Fsp3) is 0.257. The standard InChI is InChI=1S/C35H33Cl2N5O5/c1-45-31-10-5-4-9-26(31)21-39-34(44)35(20-24-7-2-3-8-25(24)22-40-42-38)32(29-16-13-27(36)19-30(29)37)47-33(41-35)23-11-14-28(15-12-23)46-18-6-17-43/h2-5,7-16,19,32,43H,6,17-18,20-22H2,1H3,(H,39,44)/t32-,35-/m1/s1. The third kappa shape index (κ3) is 7.81. The van der Waals surface area contributed by atoms with Gasteiger partial charge in [-0.05, 0) is 59.1 Å². The average Bonchev–Trinajstić information content (AvgIpc) is 3.47. The van der Waals surface area contributed by atoms with Crippen LogP contribution in [0.4, 0.5) is 0 Å². The number of carbonyl (C=O) groups excluding carboxylic acids is 1. The van der Waals surface area contributed by atoms with Crippen molar-refractivity contribution in [3.8, 4) is 11.5 Å². The first-order chi connectivity index (χ1) is 22.9. The van der Waals surface area contributed by atoms with Gasteiger partial charge in [0.05, 0.1) is 20.3 Å². The Balaban J connectivity index is 1.62. The van der Waals surface area contributed by atoms with Crippen LogP contribution in [0.3, 0.4) is 0 Å². The fourth-order valence-electron chi connectivity index (χ4n) is 5.43. The summed E-state index contributed by atoms with van der Waals surface area (Å²) in [5, 5.41) is 16.7. The van der Waals surface area contributed by atoms with E-state index < -0.39 is 17.6 Å². The fourth-order valence-corrected chi connectivity index (χ4v) is 5.94. The van der Waals surface area contributed by atoms with Gasteiger partial charge in [-0.15, -0.1) is 0 Å². The van der Waals surface area contributed by atoms with Crippen molar-refractivity contribution in [2.24, 2.45) is 10.1 Å². The number of halogens is 2. The van der Waals surface area contributed by atoms with E-state index in [0.29, 0.717) is 45.7 Å². The number of aliphatic imine (C=N–C) groups is 1. The molecule has 1 amide bonds. The van der Waals surface area contributed by atoms with Crippen LogP contribution in [-0.4, -0.2) is 42.8 Å². The van der Waals surface area contributed by atoms with Crippen molar-refractivity contribution in [3.05, 3.63) is 139 Å². The average molecular weight is 675 g/mol. The monoisotopic (exact) mass is 673 g/mol. The lowest BCUT2D eigenvalue weighted by Crippen LogP contribution is -2.50. The topological polar surface area (TPSA) is 138 Å². The smallest absolute Gasteiger partial charge is 0.252 e. The second-order valence-electron chi connectivity index (χ2n) is 10.8. The van der Waals surface area contributed by atoms with E-state index in [1.165, 1.54) is 0 Å². The molecule has 10 nitrogen and oxygen atoms in total. The molecule has 0 radical (unpaired) electrons. The molecule has 0 saturated carbocycles. The molecule has 4 aromatic rings. The molecule has 12 heteroatoms. The predicted octanol–water partition coefficient (Wildman–Crippen LogP) is 7.39. The molecule has 242 valence electrons. The molecule has 0 aromatic heterocycles. The van der Waals surface area contributed by atoms with Gasteiger partial charge in [-0.2, -0.15) is 0 Å². The molecular formula is C35H33Cl2N5O5. The van der Waals surface area contributed by atoms with Crippen LogP contribution >= 0.6 is 23.2 Å². The number of azide groups is 1. The maximum Gasteiger partial charge on any atom is 0.252 e. The minimum Gasteiger partial charge on any atom is -0.496 e.